The predicted molar refractivity (Wildman–Crippen MR) is 102 cm³/mol. The second kappa shape index (κ2) is 7.64. The van der Waals surface area contributed by atoms with Gasteiger partial charge in [0.05, 0.1) is 0 Å². The monoisotopic (exact) mass is 318 g/mol. The summed E-state index contributed by atoms with van der Waals surface area (Å²) in [5.41, 5.74) is 2.89. The molecule has 3 aromatic rings. The van der Waals surface area contributed by atoms with Crippen molar-refractivity contribution in [1.82, 2.24) is 0 Å². The Balaban J connectivity index is 1.61. The molecule has 0 atom stereocenters. The number of hydrogen-bond acceptors (Lipinski definition) is 1. The second-order valence-electron chi connectivity index (χ2n) is 5.94. The Morgan fingerprint density at radius 3 is 2.25 bits per heavy atom. The molecule has 0 aliphatic heterocycles. The summed E-state index contributed by atoms with van der Waals surface area (Å²) in [5, 5.41) is 8.02. The third kappa shape index (κ3) is 4.13. The van der Waals surface area contributed by atoms with Crippen molar-refractivity contribution in [3.63, 3.8) is 0 Å². The van der Waals surface area contributed by atoms with Crippen molar-refractivity contribution >= 4 is 28.2 Å². The van der Waals surface area contributed by atoms with Crippen LogP contribution in [-0.2, 0) is 6.42 Å². The molecular formula is C21H22N2O. The number of carbonyl (C=O) groups excluding carboxylic acids is 1. The number of anilines is 2. The number of fused-ring (bicyclic) bond motifs is 1. The summed E-state index contributed by atoms with van der Waals surface area (Å²) in [6.45, 7) is 2.19. The molecule has 0 aliphatic carbocycles. The maximum atomic E-state index is 12.2. The van der Waals surface area contributed by atoms with Crippen LogP contribution >= 0.6 is 0 Å². The highest BCUT2D eigenvalue weighted by molar-refractivity contribution is 6.01. The number of benzene rings is 3. The van der Waals surface area contributed by atoms with Crippen molar-refractivity contribution in [3.8, 4) is 0 Å². The molecule has 3 heteroatoms. The number of urea groups is 1. The van der Waals surface area contributed by atoms with E-state index in [1.165, 1.54) is 18.4 Å². The first-order chi connectivity index (χ1) is 11.7. The molecule has 0 aromatic heterocycles. The number of rotatable bonds is 5. The maximum Gasteiger partial charge on any atom is 0.323 e. The van der Waals surface area contributed by atoms with Crippen LogP contribution in [-0.4, -0.2) is 6.03 Å². The Morgan fingerprint density at radius 1 is 0.833 bits per heavy atom. The number of hydrogen-bond donors (Lipinski definition) is 2. The molecule has 0 aliphatic rings. The Bertz CT molecular complexity index is 825. The van der Waals surface area contributed by atoms with E-state index in [4.69, 9.17) is 0 Å². The largest absolute Gasteiger partial charge is 0.323 e. The van der Waals surface area contributed by atoms with Crippen LogP contribution in [0, 0.1) is 0 Å². The lowest BCUT2D eigenvalue weighted by molar-refractivity contribution is 0.262. The standard InChI is InChI=1S/C21H22N2O/c1-2-3-6-16-9-12-19(13-10-16)22-21(24)23-20-14-11-17-7-4-5-8-18(17)15-20/h4-5,7-15H,2-3,6H2,1H3,(H2,22,23,24). The fourth-order valence-electron chi connectivity index (χ4n) is 2.70. The lowest BCUT2D eigenvalue weighted by Crippen LogP contribution is -2.19. The molecule has 0 radical (unpaired) electrons. The summed E-state index contributed by atoms with van der Waals surface area (Å²) in [4.78, 5) is 12.2. The lowest BCUT2D eigenvalue weighted by atomic mass is 10.1. The zero-order chi connectivity index (χ0) is 16.8. The fraction of sp³-hybridized carbons (Fsp3) is 0.190. The number of nitrogens with one attached hydrogen (secondary N) is 2. The highest BCUT2D eigenvalue weighted by Crippen LogP contribution is 2.19. The van der Waals surface area contributed by atoms with Crippen LogP contribution < -0.4 is 10.6 Å². The molecule has 3 rings (SSSR count). The van der Waals surface area contributed by atoms with Crippen molar-refractivity contribution in [2.24, 2.45) is 0 Å². The zero-order valence-electron chi connectivity index (χ0n) is 13.9. The van der Waals surface area contributed by atoms with Crippen LogP contribution in [0.5, 0.6) is 0 Å². The summed E-state index contributed by atoms with van der Waals surface area (Å²) >= 11 is 0. The van der Waals surface area contributed by atoms with Crippen molar-refractivity contribution < 1.29 is 4.79 Å². The van der Waals surface area contributed by atoms with Crippen LogP contribution in [0.4, 0.5) is 16.2 Å². The van der Waals surface area contributed by atoms with Gasteiger partial charge in [0.2, 0.25) is 0 Å². The summed E-state index contributed by atoms with van der Waals surface area (Å²) < 4.78 is 0. The van der Waals surface area contributed by atoms with Gasteiger partial charge in [-0.25, -0.2) is 4.79 Å². The van der Waals surface area contributed by atoms with Crippen LogP contribution in [0.25, 0.3) is 10.8 Å². The minimum atomic E-state index is -0.230. The van der Waals surface area contributed by atoms with Gasteiger partial charge >= 0.3 is 6.03 Å². The van der Waals surface area contributed by atoms with Gasteiger partial charge in [-0.2, -0.15) is 0 Å². The topological polar surface area (TPSA) is 41.1 Å². The third-order valence-corrected chi connectivity index (χ3v) is 4.04. The first-order valence-corrected chi connectivity index (χ1v) is 8.40. The second-order valence-corrected chi connectivity index (χ2v) is 5.94. The molecule has 0 spiro atoms. The van der Waals surface area contributed by atoms with E-state index >= 15 is 0 Å². The van der Waals surface area contributed by atoms with E-state index < -0.39 is 0 Å². The number of carbonyl (C=O) groups is 1. The molecule has 122 valence electrons. The molecule has 24 heavy (non-hydrogen) atoms. The highest BCUT2D eigenvalue weighted by atomic mass is 16.2. The van der Waals surface area contributed by atoms with Gasteiger partial charge in [0, 0.05) is 11.4 Å². The molecule has 0 saturated heterocycles. The smallest absolute Gasteiger partial charge is 0.308 e. The minimum absolute atomic E-state index is 0.230. The predicted octanol–water partition coefficient (Wildman–Crippen LogP) is 5.83. The van der Waals surface area contributed by atoms with Crippen molar-refractivity contribution in [2.75, 3.05) is 10.6 Å². The van der Waals surface area contributed by atoms with E-state index in [0.717, 1.165) is 28.6 Å². The van der Waals surface area contributed by atoms with Crippen LogP contribution in [0.15, 0.2) is 66.7 Å². The number of amides is 2. The molecule has 3 aromatic carbocycles. The Morgan fingerprint density at radius 2 is 1.50 bits per heavy atom. The van der Waals surface area contributed by atoms with Gasteiger partial charge in [0.25, 0.3) is 0 Å². The normalized spacial score (nSPS) is 10.5. The average molecular weight is 318 g/mol. The first-order valence-electron chi connectivity index (χ1n) is 8.40. The zero-order valence-corrected chi connectivity index (χ0v) is 13.9. The SMILES string of the molecule is CCCCc1ccc(NC(=O)Nc2ccc3ccccc3c2)cc1. The molecule has 0 saturated carbocycles. The van der Waals surface area contributed by atoms with Gasteiger partial charge in [-0.1, -0.05) is 55.8 Å². The van der Waals surface area contributed by atoms with Gasteiger partial charge in [-0.15, -0.1) is 0 Å². The molecule has 0 heterocycles. The summed E-state index contributed by atoms with van der Waals surface area (Å²) in [5.74, 6) is 0. The lowest BCUT2D eigenvalue weighted by Gasteiger charge is -2.09. The van der Waals surface area contributed by atoms with Crippen LogP contribution in [0.1, 0.15) is 25.3 Å². The third-order valence-electron chi connectivity index (χ3n) is 4.04. The van der Waals surface area contributed by atoms with Gasteiger partial charge in [-0.3, -0.25) is 0 Å². The summed E-state index contributed by atoms with van der Waals surface area (Å²) in [7, 11) is 0. The van der Waals surface area contributed by atoms with Crippen molar-refractivity contribution in [3.05, 3.63) is 72.3 Å². The number of unbranched alkanes of at least 4 members (excludes halogenated alkanes) is 1. The summed E-state index contributed by atoms with van der Waals surface area (Å²) in [6.07, 6.45) is 3.46. The van der Waals surface area contributed by atoms with E-state index in [9.17, 15) is 4.79 Å². The van der Waals surface area contributed by atoms with Crippen molar-refractivity contribution in [2.45, 2.75) is 26.2 Å². The van der Waals surface area contributed by atoms with Gasteiger partial charge in [0.15, 0.2) is 0 Å². The minimum Gasteiger partial charge on any atom is -0.308 e. The fourth-order valence-corrected chi connectivity index (χ4v) is 2.70. The van der Waals surface area contributed by atoms with Gasteiger partial charge in [-0.05, 0) is 53.4 Å². The van der Waals surface area contributed by atoms with Gasteiger partial charge < -0.3 is 10.6 Å². The molecular weight excluding hydrogens is 296 g/mol. The average Bonchev–Trinajstić information content (AvgIpc) is 2.61. The molecule has 0 unspecified atom stereocenters. The molecule has 2 amide bonds. The van der Waals surface area contributed by atoms with Crippen molar-refractivity contribution in [1.29, 1.82) is 0 Å². The van der Waals surface area contributed by atoms with E-state index in [1.54, 1.807) is 0 Å². The molecule has 0 fully saturated rings. The van der Waals surface area contributed by atoms with E-state index in [0.29, 0.717) is 0 Å². The van der Waals surface area contributed by atoms with Crippen LogP contribution in [0.3, 0.4) is 0 Å². The van der Waals surface area contributed by atoms with E-state index in [1.807, 2.05) is 48.5 Å². The van der Waals surface area contributed by atoms with Crippen LogP contribution in [0.2, 0.25) is 0 Å². The molecule has 0 bridgehead atoms. The quantitative estimate of drug-likeness (QED) is 0.611. The molecule has 2 N–H and O–H groups in total. The first kappa shape index (κ1) is 16.1. The van der Waals surface area contributed by atoms with E-state index in [2.05, 4.69) is 35.8 Å². The Hall–Kier alpha value is -2.81. The highest BCUT2D eigenvalue weighted by Gasteiger charge is 2.04. The Kier molecular flexibility index (Phi) is 5.12. The van der Waals surface area contributed by atoms with E-state index in [-0.39, 0.29) is 6.03 Å². The Labute approximate surface area is 142 Å². The summed E-state index contributed by atoms with van der Waals surface area (Å²) in [6, 6.07) is 21.8. The van der Waals surface area contributed by atoms with Gasteiger partial charge in [0.1, 0.15) is 0 Å². The number of aryl methyl sites for hydroxylation is 1. The maximum absolute atomic E-state index is 12.2. The molecule has 3 nitrogen and oxygen atoms in total.